The van der Waals surface area contributed by atoms with Gasteiger partial charge in [-0.2, -0.15) is 0 Å². The molecule has 8 nitrogen and oxygen atoms in total. The van der Waals surface area contributed by atoms with Crippen molar-refractivity contribution < 1.29 is 28.7 Å². The Labute approximate surface area is 109 Å². The molecule has 0 aliphatic carbocycles. The average molecular weight is 271 g/mol. The van der Waals surface area contributed by atoms with E-state index in [1.54, 1.807) is 0 Å². The number of rotatable bonds is 6. The van der Waals surface area contributed by atoms with Crippen molar-refractivity contribution in [1.82, 2.24) is 0 Å². The third kappa shape index (κ3) is 3.55. The Bertz CT molecular complexity index is 474. The first-order valence-corrected chi connectivity index (χ1v) is 5.13. The number of benzene rings is 1. The van der Waals surface area contributed by atoms with E-state index in [-0.39, 0.29) is 11.4 Å². The number of methoxy groups -OCH3 is 3. The zero-order valence-electron chi connectivity index (χ0n) is 10.6. The van der Waals surface area contributed by atoms with E-state index in [2.05, 4.69) is 4.74 Å². The molecule has 0 N–H and O–H groups in total. The highest BCUT2D eigenvalue weighted by Crippen LogP contribution is 2.31. The second-order valence-corrected chi connectivity index (χ2v) is 3.30. The molecule has 19 heavy (non-hydrogen) atoms. The first-order valence-electron chi connectivity index (χ1n) is 5.13. The van der Waals surface area contributed by atoms with Crippen molar-refractivity contribution in [1.29, 1.82) is 0 Å². The molecule has 0 bridgehead atoms. The highest BCUT2D eigenvalue weighted by Gasteiger charge is 2.25. The quantitative estimate of drug-likeness (QED) is 0.331. The van der Waals surface area contributed by atoms with E-state index in [1.807, 2.05) is 0 Å². The monoisotopic (exact) mass is 271 g/mol. The molecule has 1 rings (SSSR count). The van der Waals surface area contributed by atoms with Crippen molar-refractivity contribution in [3.05, 3.63) is 28.3 Å². The van der Waals surface area contributed by atoms with Crippen LogP contribution in [0.4, 0.5) is 5.69 Å². The normalized spacial score (nSPS) is 11.5. The van der Waals surface area contributed by atoms with Gasteiger partial charge in [-0.1, -0.05) is 0 Å². The molecule has 0 amide bonds. The van der Waals surface area contributed by atoms with Gasteiger partial charge in [0.05, 0.1) is 19.1 Å². The molecule has 0 heterocycles. The predicted molar refractivity (Wildman–Crippen MR) is 63.1 cm³/mol. The Balaban J connectivity index is 3.08. The van der Waals surface area contributed by atoms with Gasteiger partial charge in [0.15, 0.2) is 0 Å². The molecule has 1 atom stereocenters. The molecular weight excluding hydrogens is 258 g/mol. The summed E-state index contributed by atoms with van der Waals surface area (Å²) in [5.74, 6) is -0.610. The van der Waals surface area contributed by atoms with Crippen molar-refractivity contribution in [2.24, 2.45) is 0 Å². The summed E-state index contributed by atoms with van der Waals surface area (Å²) in [6, 6.07) is 3.90. The van der Waals surface area contributed by atoms with Crippen LogP contribution in [0.25, 0.3) is 0 Å². The third-order valence-corrected chi connectivity index (χ3v) is 2.21. The lowest BCUT2D eigenvalue weighted by atomic mass is 10.3. The van der Waals surface area contributed by atoms with E-state index in [4.69, 9.17) is 14.2 Å². The van der Waals surface area contributed by atoms with Crippen molar-refractivity contribution >= 4 is 11.7 Å². The van der Waals surface area contributed by atoms with E-state index in [0.717, 1.165) is 7.11 Å². The van der Waals surface area contributed by atoms with Crippen molar-refractivity contribution in [3.8, 4) is 11.5 Å². The maximum Gasteiger partial charge on any atom is 0.376 e. The van der Waals surface area contributed by atoms with E-state index >= 15 is 0 Å². The van der Waals surface area contributed by atoms with E-state index in [0.29, 0.717) is 5.75 Å². The summed E-state index contributed by atoms with van der Waals surface area (Å²) in [5, 5.41) is 10.9. The Morgan fingerprint density at radius 1 is 1.32 bits per heavy atom. The van der Waals surface area contributed by atoms with Crippen LogP contribution in [0.1, 0.15) is 0 Å². The van der Waals surface area contributed by atoms with E-state index in [1.165, 1.54) is 32.4 Å². The van der Waals surface area contributed by atoms with E-state index in [9.17, 15) is 14.9 Å². The van der Waals surface area contributed by atoms with Gasteiger partial charge in [-0.3, -0.25) is 10.1 Å². The minimum atomic E-state index is -1.39. The largest absolute Gasteiger partial charge is 0.497 e. The average Bonchev–Trinajstić information content (AvgIpc) is 2.43. The van der Waals surface area contributed by atoms with Crippen LogP contribution < -0.4 is 9.47 Å². The Kier molecular flexibility index (Phi) is 5.07. The van der Waals surface area contributed by atoms with Gasteiger partial charge >= 0.3 is 11.7 Å². The van der Waals surface area contributed by atoms with Crippen LogP contribution in [-0.4, -0.2) is 38.5 Å². The topological polar surface area (TPSA) is 97.1 Å². The van der Waals surface area contributed by atoms with Gasteiger partial charge in [0, 0.05) is 19.2 Å². The van der Waals surface area contributed by atoms with Crippen molar-refractivity contribution in [3.63, 3.8) is 0 Å². The molecule has 0 spiro atoms. The summed E-state index contributed by atoms with van der Waals surface area (Å²) in [6.45, 7) is 0. The number of nitrogens with zero attached hydrogens (tertiary/aromatic N) is 1. The number of nitro groups is 1. The van der Waals surface area contributed by atoms with Gasteiger partial charge in [0.25, 0.3) is 6.29 Å². The molecule has 0 fully saturated rings. The molecule has 8 heteroatoms. The highest BCUT2D eigenvalue weighted by atomic mass is 16.7. The van der Waals surface area contributed by atoms with Crippen LogP contribution in [0, 0.1) is 10.1 Å². The second-order valence-electron chi connectivity index (χ2n) is 3.30. The maximum absolute atomic E-state index is 11.3. The van der Waals surface area contributed by atoms with Gasteiger partial charge < -0.3 is 18.9 Å². The SMILES string of the molecule is COC(=O)C(OC)Oc1cc(OC)ccc1[N+](=O)[O-]. The van der Waals surface area contributed by atoms with E-state index < -0.39 is 17.2 Å². The Morgan fingerprint density at radius 2 is 2.00 bits per heavy atom. The first kappa shape index (κ1) is 14.7. The molecule has 104 valence electrons. The fourth-order valence-electron chi connectivity index (χ4n) is 1.27. The lowest BCUT2D eigenvalue weighted by molar-refractivity contribution is -0.386. The standard InChI is InChI=1S/C11H13NO7/c1-16-7-4-5-8(12(14)15)9(6-7)19-11(18-3)10(13)17-2/h4-6,11H,1-3H3. The summed E-state index contributed by atoms with van der Waals surface area (Å²) < 4.78 is 19.3. The summed E-state index contributed by atoms with van der Waals surface area (Å²) in [7, 11) is 3.77. The molecule has 0 saturated carbocycles. The fraction of sp³-hybridized carbons (Fsp3) is 0.364. The van der Waals surface area contributed by atoms with Crippen LogP contribution in [0.2, 0.25) is 0 Å². The lowest BCUT2D eigenvalue weighted by Gasteiger charge is -2.15. The smallest absolute Gasteiger partial charge is 0.376 e. The summed E-state index contributed by atoms with van der Waals surface area (Å²) >= 11 is 0. The number of esters is 1. The van der Waals surface area contributed by atoms with Crippen LogP contribution in [0.15, 0.2) is 18.2 Å². The molecule has 1 aromatic rings. The zero-order valence-corrected chi connectivity index (χ0v) is 10.6. The molecule has 0 aliphatic rings. The minimum Gasteiger partial charge on any atom is -0.497 e. The Hall–Kier alpha value is -2.35. The van der Waals surface area contributed by atoms with Gasteiger partial charge in [-0.15, -0.1) is 0 Å². The third-order valence-electron chi connectivity index (χ3n) is 2.21. The predicted octanol–water partition coefficient (Wildman–Crippen LogP) is 1.13. The van der Waals surface area contributed by atoms with Gasteiger partial charge in [-0.25, -0.2) is 4.79 Å². The summed E-state index contributed by atoms with van der Waals surface area (Å²) in [4.78, 5) is 21.5. The molecule has 0 saturated heterocycles. The molecule has 0 radical (unpaired) electrons. The maximum atomic E-state index is 11.3. The minimum absolute atomic E-state index is 0.151. The molecule has 1 unspecified atom stereocenters. The highest BCUT2D eigenvalue weighted by molar-refractivity contribution is 5.73. The van der Waals surface area contributed by atoms with Gasteiger partial charge in [0.1, 0.15) is 5.75 Å². The Morgan fingerprint density at radius 3 is 2.47 bits per heavy atom. The summed E-state index contributed by atoms with van der Waals surface area (Å²) in [6.07, 6.45) is -1.39. The molecule has 0 aromatic heterocycles. The number of carbonyl (C=O) groups is 1. The summed E-state index contributed by atoms with van der Waals surface area (Å²) in [5.41, 5.74) is -0.313. The van der Waals surface area contributed by atoms with Crippen molar-refractivity contribution in [2.45, 2.75) is 6.29 Å². The second kappa shape index (κ2) is 6.55. The first-order chi connectivity index (χ1) is 9.03. The lowest BCUT2D eigenvalue weighted by Crippen LogP contribution is -2.30. The number of hydrogen-bond acceptors (Lipinski definition) is 7. The molecule has 1 aromatic carbocycles. The van der Waals surface area contributed by atoms with Crippen molar-refractivity contribution in [2.75, 3.05) is 21.3 Å². The zero-order chi connectivity index (χ0) is 14.4. The van der Waals surface area contributed by atoms with Gasteiger partial charge in [0.2, 0.25) is 5.75 Å². The van der Waals surface area contributed by atoms with Gasteiger partial charge in [-0.05, 0) is 6.07 Å². The molecule has 0 aliphatic heterocycles. The number of nitro benzene ring substituents is 1. The number of ether oxygens (including phenoxy) is 4. The number of carbonyl (C=O) groups excluding carboxylic acids is 1. The fourth-order valence-corrected chi connectivity index (χ4v) is 1.27. The van der Waals surface area contributed by atoms with Crippen LogP contribution >= 0.6 is 0 Å². The van der Waals surface area contributed by atoms with Crippen LogP contribution in [0.5, 0.6) is 11.5 Å². The molecular formula is C11H13NO7. The number of hydrogen-bond donors (Lipinski definition) is 0. The van der Waals surface area contributed by atoms with Crippen LogP contribution in [-0.2, 0) is 14.3 Å². The van der Waals surface area contributed by atoms with Crippen LogP contribution in [0.3, 0.4) is 0 Å².